The van der Waals surface area contributed by atoms with Crippen molar-refractivity contribution in [2.24, 2.45) is 0 Å². The molecule has 2 heterocycles. The number of pyridine rings is 1. The van der Waals surface area contributed by atoms with Crippen LogP contribution in [0.3, 0.4) is 0 Å². The maximum Gasteiger partial charge on any atom is 0.148 e. The number of rotatable bonds is 7. The van der Waals surface area contributed by atoms with Crippen molar-refractivity contribution in [1.29, 1.82) is 0 Å². The summed E-state index contributed by atoms with van der Waals surface area (Å²) in [4.78, 5) is 4.62. The first-order chi connectivity index (χ1) is 13.8. The van der Waals surface area contributed by atoms with Gasteiger partial charge in [-0.2, -0.15) is 5.10 Å². The fraction of sp³-hybridized carbons (Fsp3) is 0.0909. The number of benzene rings is 2. The van der Waals surface area contributed by atoms with Gasteiger partial charge < -0.3 is 10.6 Å². The third-order valence-electron chi connectivity index (χ3n) is 4.31. The highest BCUT2D eigenvalue weighted by Gasteiger charge is 2.05. The average Bonchev–Trinajstić information content (AvgIpc) is 3.21. The third kappa shape index (κ3) is 5.56. The second-order valence-corrected chi connectivity index (χ2v) is 6.38. The molecule has 0 aliphatic carbocycles. The fourth-order valence-electron chi connectivity index (χ4n) is 2.84. The van der Waals surface area contributed by atoms with E-state index in [2.05, 4.69) is 37.9 Å². The van der Waals surface area contributed by atoms with Crippen LogP contribution in [0.2, 0.25) is 0 Å². The number of hydrogen-bond donors (Lipinski definition) is 3. The van der Waals surface area contributed by atoms with Crippen molar-refractivity contribution in [2.75, 3.05) is 10.6 Å². The van der Waals surface area contributed by atoms with Crippen molar-refractivity contribution in [1.82, 2.24) is 15.2 Å². The van der Waals surface area contributed by atoms with Gasteiger partial charge in [-0.1, -0.05) is 36.4 Å². The molecule has 29 heavy (non-hydrogen) atoms. The molecule has 4 aromatic rings. The molecule has 148 valence electrons. The van der Waals surface area contributed by atoms with Crippen molar-refractivity contribution in [3.8, 4) is 11.3 Å². The van der Waals surface area contributed by atoms with Gasteiger partial charge in [-0.3, -0.25) is 5.10 Å². The van der Waals surface area contributed by atoms with Crippen molar-refractivity contribution in [3.05, 3.63) is 95.9 Å². The second kappa shape index (κ2) is 9.71. The Morgan fingerprint density at radius 1 is 0.793 bits per heavy atom. The number of aromatic amines is 1. The molecule has 0 fully saturated rings. The lowest BCUT2D eigenvalue weighted by Gasteiger charge is -2.08. The highest BCUT2D eigenvalue weighted by Crippen LogP contribution is 2.20. The number of halogens is 2. The molecular formula is C22H21ClFN5. The molecular weight excluding hydrogens is 389 g/mol. The van der Waals surface area contributed by atoms with Crippen molar-refractivity contribution >= 4 is 24.0 Å². The molecule has 5 nitrogen and oxygen atoms in total. The van der Waals surface area contributed by atoms with Crippen LogP contribution in [0.5, 0.6) is 0 Å². The summed E-state index contributed by atoms with van der Waals surface area (Å²) in [6.07, 6.45) is 0. The molecule has 0 aliphatic rings. The normalized spacial score (nSPS) is 10.2. The van der Waals surface area contributed by atoms with E-state index in [9.17, 15) is 4.39 Å². The molecule has 0 radical (unpaired) electrons. The topological polar surface area (TPSA) is 65.6 Å². The zero-order valence-electron chi connectivity index (χ0n) is 15.6. The molecule has 0 atom stereocenters. The van der Waals surface area contributed by atoms with Crippen LogP contribution in [0.15, 0.2) is 78.9 Å². The molecule has 0 aliphatic heterocycles. The third-order valence-corrected chi connectivity index (χ3v) is 4.31. The Bertz CT molecular complexity index is 1030. The van der Waals surface area contributed by atoms with Gasteiger partial charge in [-0.05, 0) is 47.5 Å². The Hall–Kier alpha value is -3.38. The van der Waals surface area contributed by atoms with Gasteiger partial charge in [0.1, 0.15) is 17.5 Å². The number of aromatic nitrogens is 3. The lowest BCUT2D eigenvalue weighted by molar-refractivity contribution is 0.628. The van der Waals surface area contributed by atoms with Gasteiger partial charge in [-0.15, -0.1) is 12.4 Å². The van der Waals surface area contributed by atoms with Gasteiger partial charge in [0, 0.05) is 12.6 Å². The largest absolute Gasteiger partial charge is 0.366 e. The quantitative estimate of drug-likeness (QED) is 0.389. The first kappa shape index (κ1) is 20.4. The zero-order chi connectivity index (χ0) is 19.2. The van der Waals surface area contributed by atoms with E-state index in [0.717, 1.165) is 29.3 Å². The van der Waals surface area contributed by atoms with Crippen LogP contribution in [-0.2, 0) is 13.1 Å². The van der Waals surface area contributed by atoms with Gasteiger partial charge in [0.15, 0.2) is 0 Å². The average molecular weight is 410 g/mol. The van der Waals surface area contributed by atoms with Gasteiger partial charge in [0.25, 0.3) is 0 Å². The van der Waals surface area contributed by atoms with E-state index in [4.69, 9.17) is 0 Å². The van der Waals surface area contributed by atoms with Crippen LogP contribution in [0, 0.1) is 5.82 Å². The van der Waals surface area contributed by atoms with E-state index in [-0.39, 0.29) is 18.2 Å². The lowest BCUT2D eigenvalue weighted by Crippen LogP contribution is -2.05. The van der Waals surface area contributed by atoms with Crippen LogP contribution in [0.4, 0.5) is 16.0 Å². The first-order valence-electron chi connectivity index (χ1n) is 9.05. The summed E-state index contributed by atoms with van der Waals surface area (Å²) in [7, 11) is 0. The van der Waals surface area contributed by atoms with Crippen LogP contribution >= 0.6 is 12.4 Å². The van der Waals surface area contributed by atoms with Gasteiger partial charge in [-0.25, -0.2) is 9.37 Å². The highest BCUT2D eigenvalue weighted by molar-refractivity contribution is 5.85. The number of nitrogens with one attached hydrogen (secondary N) is 3. The highest BCUT2D eigenvalue weighted by atomic mass is 35.5. The van der Waals surface area contributed by atoms with E-state index in [1.54, 1.807) is 12.1 Å². The smallest absolute Gasteiger partial charge is 0.148 e. The Balaban J connectivity index is 0.00000240. The molecule has 2 aromatic carbocycles. The van der Waals surface area contributed by atoms with Crippen LogP contribution in [0.25, 0.3) is 11.3 Å². The molecule has 0 saturated carbocycles. The summed E-state index contributed by atoms with van der Waals surface area (Å²) >= 11 is 0. The van der Waals surface area contributed by atoms with Crippen LogP contribution < -0.4 is 10.6 Å². The number of H-pyrrole nitrogens is 1. The molecule has 7 heteroatoms. The van der Waals surface area contributed by atoms with Gasteiger partial charge in [0.2, 0.25) is 0 Å². The fourth-order valence-corrected chi connectivity index (χ4v) is 2.84. The minimum absolute atomic E-state index is 0. The van der Waals surface area contributed by atoms with E-state index in [1.807, 2.05) is 42.5 Å². The lowest BCUT2D eigenvalue weighted by atomic mass is 10.1. The summed E-state index contributed by atoms with van der Waals surface area (Å²) in [5.74, 6) is 1.29. The molecule has 0 bridgehead atoms. The van der Waals surface area contributed by atoms with Crippen molar-refractivity contribution in [2.45, 2.75) is 13.1 Å². The van der Waals surface area contributed by atoms with Crippen LogP contribution in [-0.4, -0.2) is 15.2 Å². The summed E-state index contributed by atoms with van der Waals surface area (Å²) in [6, 6.07) is 24.3. The number of hydrogen-bond acceptors (Lipinski definition) is 4. The van der Waals surface area contributed by atoms with Gasteiger partial charge in [0.05, 0.1) is 17.9 Å². The molecule has 0 spiro atoms. The molecule has 2 aromatic heterocycles. The van der Waals surface area contributed by atoms with E-state index in [1.165, 1.54) is 17.7 Å². The Labute approximate surface area is 174 Å². The number of nitrogens with zero attached hydrogens (tertiary/aromatic N) is 2. The predicted molar refractivity (Wildman–Crippen MR) is 117 cm³/mol. The number of anilines is 2. The van der Waals surface area contributed by atoms with Gasteiger partial charge >= 0.3 is 0 Å². The standard InChI is InChI=1S/C22H20FN5.ClH/c23-18-11-9-17(10-12-18)20-13-22(28-27-20)25-15-19-7-4-8-21(26-19)24-14-16-5-2-1-3-6-16;/h1-13H,14-15H2,(H,24,26)(H2,25,27,28);1H. The van der Waals surface area contributed by atoms with E-state index >= 15 is 0 Å². The maximum absolute atomic E-state index is 13.0. The Kier molecular flexibility index (Phi) is 6.81. The van der Waals surface area contributed by atoms with Crippen molar-refractivity contribution < 1.29 is 4.39 Å². The van der Waals surface area contributed by atoms with Crippen molar-refractivity contribution in [3.63, 3.8) is 0 Å². The first-order valence-corrected chi connectivity index (χ1v) is 9.05. The molecule has 4 rings (SSSR count). The maximum atomic E-state index is 13.0. The molecule has 0 saturated heterocycles. The molecule has 3 N–H and O–H groups in total. The molecule has 0 amide bonds. The van der Waals surface area contributed by atoms with E-state index in [0.29, 0.717) is 12.4 Å². The summed E-state index contributed by atoms with van der Waals surface area (Å²) < 4.78 is 13.0. The summed E-state index contributed by atoms with van der Waals surface area (Å²) in [5, 5.41) is 13.8. The van der Waals surface area contributed by atoms with Crippen LogP contribution in [0.1, 0.15) is 11.3 Å². The second-order valence-electron chi connectivity index (χ2n) is 6.38. The zero-order valence-corrected chi connectivity index (χ0v) is 16.4. The van der Waals surface area contributed by atoms with E-state index < -0.39 is 0 Å². The minimum Gasteiger partial charge on any atom is -0.366 e. The monoisotopic (exact) mass is 409 g/mol. The SMILES string of the molecule is Cl.Fc1ccc(-c2cc(NCc3cccc(NCc4ccccc4)n3)n[nH]2)cc1. The minimum atomic E-state index is -0.256. The Morgan fingerprint density at radius 3 is 2.34 bits per heavy atom. The summed E-state index contributed by atoms with van der Waals surface area (Å²) in [6.45, 7) is 1.28. The Morgan fingerprint density at radius 2 is 1.55 bits per heavy atom. The molecule has 0 unspecified atom stereocenters. The summed E-state index contributed by atoms with van der Waals surface area (Å²) in [5.41, 5.74) is 3.82. The predicted octanol–water partition coefficient (Wildman–Crippen LogP) is 5.26.